The van der Waals surface area contributed by atoms with Crippen LogP contribution in [0.25, 0.3) is 0 Å². The Hall–Kier alpha value is -0.230. The monoisotopic (exact) mass is 204 g/mol. The smallest absolute Gasteiger partial charge is 0.123 e. The zero-order valence-corrected chi connectivity index (χ0v) is 9.19. The van der Waals surface area contributed by atoms with Crippen molar-refractivity contribution in [3.63, 3.8) is 0 Å². The van der Waals surface area contributed by atoms with E-state index in [1.54, 1.807) is 0 Å². The minimum absolute atomic E-state index is 0.127. The summed E-state index contributed by atoms with van der Waals surface area (Å²) in [4.78, 5) is 0. The molecule has 0 spiro atoms. The van der Waals surface area contributed by atoms with Crippen molar-refractivity contribution in [3.05, 3.63) is 0 Å². The summed E-state index contributed by atoms with van der Waals surface area (Å²) >= 11 is 5.63. The zero-order chi connectivity index (χ0) is 10.3. The van der Waals surface area contributed by atoms with Crippen molar-refractivity contribution in [2.75, 3.05) is 13.2 Å². The third-order valence-corrected chi connectivity index (χ3v) is 1.60. The normalized spacial score (nSPS) is 13.3. The molecule has 1 unspecified atom stereocenters. The van der Waals surface area contributed by atoms with E-state index in [2.05, 4.69) is 11.8 Å². The van der Waals surface area contributed by atoms with Crippen molar-refractivity contribution < 1.29 is 9.84 Å². The van der Waals surface area contributed by atoms with Crippen LogP contribution in [0.5, 0.6) is 0 Å². The standard InChI is InChI=1S/C10H17ClO2/c1-4-7-13-10(2,3)6-5-9(11)8-12/h9,12H,4,7-8H2,1-3H3. The number of aliphatic hydroxyl groups excluding tert-OH is 1. The lowest BCUT2D eigenvalue weighted by atomic mass is 10.1. The maximum atomic E-state index is 8.63. The second-order valence-corrected chi connectivity index (χ2v) is 3.81. The lowest BCUT2D eigenvalue weighted by Gasteiger charge is -2.18. The highest BCUT2D eigenvalue weighted by molar-refractivity contribution is 6.22. The average Bonchev–Trinajstić information content (AvgIpc) is 2.11. The Balaban J connectivity index is 4.03. The summed E-state index contributed by atoms with van der Waals surface area (Å²) in [6.07, 6.45) is 0.968. The van der Waals surface area contributed by atoms with Crippen molar-refractivity contribution in [2.45, 2.75) is 38.2 Å². The van der Waals surface area contributed by atoms with Gasteiger partial charge in [0.05, 0.1) is 6.61 Å². The number of alkyl halides is 1. The van der Waals surface area contributed by atoms with Gasteiger partial charge in [0.25, 0.3) is 0 Å². The van der Waals surface area contributed by atoms with Crippen LogP contribution in [0.15, 0.2) is 0 Å². The first-order chi connectivity index (χ1) is 6.02. The number of hydrogen-bond donors (Lipinski definition) is 1. The van der Waals surface area contributed by atoms with Crippen molar-refractivity contribution in [1.82, 2.24) is 0 Å². The number of ether oxygens (including phenoxy) is 1. The molecule has 0 aromatic carbocycles. The largest absolute Gasteiger partial charge is 0.394 e. The minimum Gasteiger partial charge on any atom is -0.394 e. The Kier molecular flexibility index (Phi) is 6.15. The summed E-state index contributed by atoms with van der Waals surface area (Å²) in [5.41, 5.74) is -0.474. The van der Waals surface area contributed by atoms with Crippen LogP contribution in [0.2, 0.25) is 0 Å². The average molecular weight is 205 g/mol. The van der Waals surface area contributed by atoms with Gasteiger partial charge in [-0.25, -0.2) is 0 Å². The fourth-order valence-corrected chi connectivity index (χ4v) is 0.746. The molecular weight excluding hydrogens is 188 g/mol. The van der Waals surface area contributed by atoms with E-state index in [9.17, 15) is 0 Å². The van der Waals surface area contributed by atoms with Gasteiger partial charge >= 0.3 is 0 Å². The summed E-state index contributed by atoms with van der Waals surface area (Å²) in [6, 6.07) is 0. The van der Waals surface area contributed by atoms with Crippen LogP contribution < -0.4 is 0 Å². The van der Waals surface area contributed by atoms with Crippen LogP contribution in [0.4, 0.5) is 0 Å². The lowest BCUT2D eigenvalue weighted by molar-refractivity contribution is 0.0274. The molecule has 0 fully saturated rings. The molecule has 0 bridgehead atoms. The van der Waals surface area contributed by atoms with Crippen LogP contribution >= 0.6 is 11.6 Å². The Labute approximate surface area is 85.2 Å². The molecule has 0 aromatic heterocycles. The van der Waals surface area contributed by atoms with E-state index < -0.39 is 11.0 Å². The van der Waals surface area contributed by atoms with Crippen LogP contribution in [-0.4, -0.2) is 29.3 Å². The SMILES string of the molecule is CCCOC(C)(C)C#CC(Cl)CO. The van der Waals surface area contributed by atoms with E-state index in [4.69, 9.17) is 21.4 Å². The van der Waals surface area contributed by atoms with Crippen molar-refractivity contribution >= 4 is 11.6 Å². The van der Waals surface area contributed by atoms with Gasteiger partial charge in [-0.2, -0.15) is 0 Å². The molecule has 2 nitrogen and oxygen atoms in total. The molecule has 1 N–H and O–H groups in total. The lowest BCUT2D eigenvalue weighted by Crippen LogP contribution is -2.23. The Morgan fingerprint density at radius 3 is 2.62 bits per heavy atom. The maximum absolute atomic E-state index is 8.63. The quantitative estimate of drug-likeness (QED) is 0.559. The summed E-state index contributed by atoms with van der Waals surface area (Å²) in [6.45, 7) is 6.38. The molecule has 76 valence electrons. The predicted molar refractivity (Wildman–Crippen MR) is 54.8 cm³/mol. The first kappa shape index (κ1) is 12.8. The molecule has 1 atom stereocenters. The first-order valence-corrected chi connectivity index (χ1v) is 4.87. The molecule has 0 aliphatic heterocycles. The molecule has 0 aromatic rings. The van der Waals surface area contributed by atoms with Gasteiger partial charge in [-0.1, -0.05) is 18.8 Å². The maximum Gasteiger partial charge on any atom is 0.123 e. The van der Waals surface area contributed by atoms with Crippen molar-refractivity contribution in [3.8, 4) is 11.8 Å². The zero-order valence-electron chi connectivity index (χ0n) is 8.43. The van der Waals surface area contributed by atoms with Crippen LogP contribution in [0, 0.1) is 11.8 Å². The molecule has 3 heteroatoms. The molecule has 0 saturated heterocycles. The van der Waals surface area contributed by atoms with Gasteiger partial charge in [0.15, 0.2) is 0 Å². The van der Waals surface area contributed by atoms with Crippen LogP contribution in [-0.2, 0) is 4.74 Å². The van der Waals surface area contributed by atoms with Crippen molar-refractivity contribution in [1.29, 1.82) is 0 Å². The van der Waals surface area contributed by atoms with Gasteiger partial charge in [-0.3, -0.25) is 0 Å². The van der Waals surface area contributed by atoms with Gasteiger partial charge in [0, 0.05) is 6.61 Å². The molecular formula is C10H17ClO2. The van der Waals surface area contributed by atoms with Gasteiger partial charge in [-0.15, -0.1) is 11.6 Å². The predicted octanol–water partition coefficient (Wildman–Crippen LogP) is 1.79. The van der Waals surface area contributed by atoms with Gasteiger partial charge < -0.3 is 9.84 Å². The topological polar surface area (TPSA) is 29.5 Å². The second-order valence-electron chi connectivity index (χ2n) is 3.28. The van der Waals surface area contributed by atoms with E-state index in [0.717, 1.165) is 6.42 Å². The van der Waals surface area contributed by atoms with E-state index in [1.165, 1.54) is 0 Å². The van der Waals surface area contributed by atoms with Crippen molar-refractivity contribution in [2.24, 2.45) is 0 Å². The Morgan fingerprint density at radius 2 is 2.15 bits per heavy atom. The third-order valence-electron chi connectivity index (χ3n) is 1.36. The molecule has 13 heavy (non-hydrogen) atoms. The molecule has 0 aliphatic rings. The first-order valence-electron chi connectivity index (χ1n) is 4.43. The summed E-state index contributed by atoms with van der Waals surface area (Å²) in [7, 11) is 0. The summed E-state index contributed by atoms with van der Waals surface area (Å²) in [5.74, 6) is 5.60. The van der Waals surface area contributed by atoms with E-state index in [0.29, 0.717) is 6.61 Å². The van der Waals surface area contributed by atoms with E-state index in [-0.39, 0.29) is 6.61 Å². The highest BCUT2D eigenvalue weighted by atomic mass is 35.5. The Morgan fingerprint density at radius 1 is 1.54 bits per heavy atom. The van der Waals surface area contributed by atoms with Crippen LogP contribution in [0.3, 0.4) is 0 Å². The van der Waals surface area contributed by atoms with Gasteiger partial charge in [-0.05, 0) is 20.3 Å². The fourth-order valence-electron chi connectivity index (χ4n) is 0.691. The summed E-state index contributed by atoms with van der Waals surface area (Å²) in [5, 5.41) is 8.14. The fraction of sp³-hybridized carbons (Fsp3) is 0.800. The van der Waals surface area contributed by atoms with Gasteiger partial charge in [0.1, 0.15) is 11.0 Å². The number of aliphatic hydroxyl groups is 1. The number of halogens is 1. The highest BCUT2D eigenvalue weighted by Crippen LogP contribution is 2.08. The second kappa shape index (κ2) is 6.26. The number of hydrogen-bond acceptors (Lipinski definition) is 2. The molecule has 0 radical (unpaired) electrons. The molecule has 0 saturated carbocycles. The minimum atomic E-state index is -0.496. The summed E-state index contributed by atoms with van der Waals surface area (Å²) < 4.78 is 5.46. The van der Waals surface area contributed by atoms with Gasteiger partial charge in [0.2, 0.25) is 0 Å². The Bertz CT molecular complexity index is 191. The third kappa shape index (κ3) is 6.89. The molecule has 0 aliphatic carbocycles. The molecule has 0 heterocycles. The van der Waals surface area contributed by atoms with E-state index >= 15 is 0 Å². The van der Waals surface area contributed by atoms with Crippen LogP contribution in [0.1, 0.15) is 27.2 Å². The molecule has 0 amide bonds. The molecule has 0 rings (SSSR count). The van der Waals surface area contributed by atoms with E-state index in [1.807, 2.05) is 20.8 Å². The highest BCUT2D eigenvalue weighted by Gasteiger charge is 2.13. The number of rotatable bonds is 4.